The van der Waals surface area contributed by atoms with Gasteiger partial charge in [0.15, 0.2) is 11.9 Å². The van der Waals surface area contributed by atoms with Crippen molar-refractivity contribution in [2.45, 2.75) is 32.9 Å². The number of rotatable bonds is 9. The molecular formula is C33H34N2O4. The summed E-state index contributed by atoms with van der Waals surface area (Å²) in [6, 6.07) is 24.2. The van der Waals surface area contributed by atoms with Gasteiger partial charge in [-0.25, -0.2) is 0 Å². The monoisotopic (exact) mass is 522 g/mol. The molecule has 0 unspecified atom stereocenters. The van der Waals surface area contributed by atoms with Crippen molar-refractivity contribution in [2.24, 2.45) is 0 Å². The summed E-state index contributed by atoms with van der Waals surface area (Å²) in [5, 5.41) is 0.964. The Morgan fingerprint density at radius 1 is 0.949 bits per heavy atom. The minimum atomic E-state index is -0.513. The number of benzene rings is 3. The molecule has 6 heteroatoms. The number of aromatic nitrogens is 1. The standard InChI is InChI=1S/C33H34N2O4/c1-24-9-15-28(16-10-24)32(36)30-23-35(31-8-4-3-7-29(30)31)22-27-13-11-26(12-14-27)6-5-19-39-25(2)33(37)34-17-20-38-21-18-34/h3-5,7-16,19,23,25H,6,17-18,20-22H2,1-2H3/b19-5+/t25-/m1/s1. The van der Waals surface area contributed by atoms with E-state index in [2.05, 4.69) is 34.9 Å². The molecule has 3 aromatic carbocycles. The summed E-state index contributed by atoms with van der Waals surface area (Å²) in [6.45, 7) is 6.86. The molecule has 0 aliphatic carbocycles. The number of carbonyl (C=O) groups is 2. The normalized spacial score (nSPS) is 14.6. The van der Waals surface area contributed by atoms with Crippen molar-refractivity contribution in [3.05, 3.63) is 119 Å². The third kappa shape index (κ3) is 6.29. The molecule has 0 radical (unpaired) electrons. The fraction of sp³-hybridized carbons (Fsp3) is 0.273. The molecular weight excluding hydrogens is 488 g/mol. The van der Waals surface area contributed by atoms with Gasteiger partial charge in [0.25, 0.3) is 5.91 Å². The van der Waals surface area contributed by atoms with E-state index in [1.54, 1.807) is 18.1 Å². The number of allylic oxidation sites excluding steroid dienone is 1. The second-order valence-electron chi connectivity index (χ2n) is 9.99. The lowest BCUT2D eigenvalue weighted by Gasteiger charge is -2.28. The summed E-state index contributed by atoms with van der Waals surface area (Å²) in [4.78, 5) is 27.5. The maximum atomic E-state index is 13.3. The van der Waals surface area contributed by atoms with Gasteiger partial charge in [-0.3, -0.25) is 9.59 Å². The van der Waals surface area contributed by atoms with E-state index in [0.29, 0.717) is 44.8 Å². The minimum Gasteiger partial charge on any atom is -0.489 e. The van der Waals surface area contributed by atoms with Gasteiger partial charge in [-0.05, 0) is 43.5 Å². The molecule has 0 N–H and O–H groups in total. The van der Waals surface area contributed by atoms with Gasteiger partial charge in [-0.15, -0.1) is 0 Å². The maximum absolute atomic E-state index is 13.3. The number of para-hydroxylation sites is 1. The number of amides is 1. The number of ether oxygens (including phenoxy) is 2. The first-order valence-corrected chi connectivity index (χ1v) is 13.4. The zero-order valence-electron chi connectivity index (χ0n) is 22.5. The van der Waals surface area contributed by atoms with E-state index < -0.39 is 6.10 Å². The Kier molecular flexibility index (Phi) is 8.23. The van der Waals surface area contributed by atoms with Crippen molar-refractivity contribution >= 4 is 22.6 Å². The van der Waals surface area contributed by atoms with Crippen LogP contribution in [-0.2, 0) is 27.2 Å². The van der Waals surface area contributed by atoms with Gasteiger partial charge >= 0.3 is 0 Å². The van der Waals surface area contributed by atoms with Crippen molar-refractivity contribution in [1.82, 2.24) is 9.47 Å². The molecule has 200 valence electrons. The van der Waals surface area contributed by atoms with Gasteiger partial charge in [-0.2, -0.15) is 0 Å². The highest BCUT2D eigenvalue weighted by Crippen LogP contribution is 2.25. The van der Waals surface area contributed by atoms with Crippen molar-refractivity contribution in [3.63, 3.8) is 0 Å². The number of morpholine rings is 1. The molecule has 4 aromatic rings. The van der Waals surface area contributed by atoms with Gasteiger partial charge in [0.1, 0.15) is 0 Å². The zero-order chi connectivity index (χ0) is 27.2. The molecule has 0 bridgehead atoms. The van der Waals surface area contributed by atoms with Crippen LogP contribution in [0.25, 0.3) is 10.9 Å². The second kappa shape index (κ2) is 12.1. The average molecular weight is 523 g/mol. The number of ketones is 1. The van der Waals surface area contributed by atoms with Crippen LogP contribution in [0.15, 0.2) is 91.3 Å². The number of aryl methyl sites for hydroxylation is 1. The largest absolute Gasteiger partial charge is 0.489 e. The number of fused-ring (bicyclic) bond motifs is 1. The third-order valence-corrected chi connectivity index (χ3v) is 7.13. The Bertz CT molecular complexity index is 1460. The van der Waals surface area contributed by atoms with Crippen molar-refractivity contribution in [1.29, 1.82) is 0 Å². The molecule has 1 aliphatic rings. The Morgan fingerprint density at radius 2 is 1.64 bits per heavy atom. The maximum Gasteiger partial charge on any atom is 0.263 e. The Hall–Kier alpha value is -4.16. The predicted octanol–water partition coefficient (Wildman–Crippen LogP) is 5.55. The van der Waals surface area contributed by atoms with Crippen LogP contribution in [0.3, 0.4) is 0 Å². The molecule has 1 atom stereocenters. The van der Waals surface area contributed by atoms with Gasteiger partial charge in [-0.1, -0.05) is 72.3 Å². The zero-order valence-corrected chi connectivity index (χ0v) is 22.5. The predicted molar refractivity (Wildman–Crippen MR) is 153 cm³/mol. The Labute approximate surface area is 229 Å². The highest BCUT2D eigenvalue weighted by molar-refractivity contribution is 6.16. The first kappa shape index (κ1) is 26.4. The average Bonchev–Trinajstić information content (AvgIpc) is 3.34. The second-order valence-corrected chi connectivity index (χ2v) is 9.99. The third-order valence-electron chi connectivity index (χ3n) is 7.13. The molecule has 1 aromatic heterocycles. The van der Waals surface area contributed by atoms with Crippen LogP contribution >= 0.6 is 0 Å². The summed E-state index contributed by atoms with van der Waals surface area (Å²) in [6.07, 6.45) is 5.72. The van der Waals surface area contributed by atoms with Crippen LogP contribution in [0.2, 0.25) is 0 Å². The molecule has 5 rings (SSSR count). The van der Waals surface area contributed by atoms with Gasteiger partial charge in [0.2, 0.25) is 0 Å². The fourth-order valence-electron chi connectivity index (χ4n) is 4.85. The molecule has 0 saturated carbocycles. The molecule has 2 heterocycles. The molecule has 39 heavy (non-hydrogen) atoms. The van der Waals surface area contributed by atoms with Crippen LogP contribution in [-0.4, -0.2) is 53.6 Å². The van der Waals surface area contributed by atoms with E-state index in [0.717, 1.165) is 33.2 Å². The number of hydrogen-bond acceptors (Lipinski definition) is 4. The SMILES string of the molecule is Cc1ccc(C(=O)c2cn(Cc3ccc(C/C=C/O[C@H](C)C(=O)N4CCOCC4)cc3)c3ccccc23)cc1. The quantitative estimate of drug-likeness (QED) is 0.214. The molecule has 1 amide bonds. The lowest BCUT2D eigenvalue weighted by Crippen LogP contribution is -2.45. The van der Waals surface area contributed by atoms with Gasteiger partial charge < -0.3 is 18.9 Å². The van der Waals surface area contributed by atoms with Crippen LogP contribution in [0.5, 0.6) is 0 Å². The van der Waals surface area contributed by atoms with Crippen molar-refractivity contribution in [2.75, 3.05) is 26.3 Å². The number of carbonyl (C=O) groups excluding carboxylic acids is 2. The van der Waals surface area contributed by atoms with E-state index >= 15 is 0 Å². The Balaban J connectivity index is 1.21. The van der Waals surface area contributed by atoms with E-state index in [4.69, 9.17) is 9.47 Å². The summed E-state index contributed by atoms with van der Waals surface area (Å²) < 4.78 is 13.1. The van der Waals surface area contributed by atoms with E-state index in [1.807, 2.05) is 61.7 Å². The first-order chi connectivity index (χ1) is 19.0. The van der Waals surface area contributed by atoms with Crippen LogP contribution in [0, 0.1) is 6.92 Å². The first-order valence-electron chi connectivity index (χ1n) is 13.4. The molecule has 6 nitrogen and oxygen atoms in total. The molecule has 1 aliphatic heterocycles. The lowest BCUT2D eigenvalue weighted by molar-refractivity contribution is -0.143. The molecule has 0 spiro atoms. The van der Waals surface area contributed by atoms with Crippen molar-refractivity contribution in [3.8, 4) is 0 Å². The van der Waals surface area contributed by atoms with Gasteiger partial charge in [0, 0.05) is 47.9 Å². The van der Waals surface area contributed by atoms with Crippen molar-refractivity contribution < 1.29 is 19.1 Å². The highest BCUT2D eigenvalue weighted by atomic mass is 16.5. The summed E-state index contributed by atoms with van der Waals surface area (Å²) in [5.74, 6) is 0.0313. The topological polar surface area (TPSA) is 60.8 Å². The van der Waals surface area contributed by atoms with Crippen LogP contribution < -0.4 is 0 Å². The van der Waals surface area contributed by atoms with Gasteiger partial charge in [0.05, 0.1) is 19.5 Å². The van der Waals surface area contributed by atoms with E-state index in [-0.39, 0.29) is 11.7 Å². The molecule has 1 saturated heterocycles. The molecule has 1 fully saturated rings. The summed E-state index contributed by atoms with van der Waals surface area (Å²) in [5.41, 5.74) is 5.89. The summed E-state index contributed by atoms with van der Waals surface area (Å²) in [7, 11) is 0. The van der Waals surface area contributed by atoms with Crippen LogP contribution in [0.4, 0.5) is 0 Å². The number of nitrogens with zero attached hydrogens (tertiary/aromatic N) is 2. The van der Waals surface area contributed by atoms with Crippen LogP contribution in [0.1, 0.15) is 39.5 Å². The lowest BCUT2D eigenvalue weighted by atomic mass is 10.0. The number of hydrogen-bond donors (Lipinski definition) is 0. The summed E-state index contributed by atoms with van der Waals surface area (Å²) >= 11 is 0. The van der Waals surface area contributed by atoms with E-state index in [9.17, 15) is 9.59 Å². The Morgan fingerprint density at radius 3 is 2.38 bits per heavy atom. The highest BCUT2D eigenvalue weighted by Gasteiger charge is 2.22. The van der Waals surface area contributed by atoms with E-state index in [1.165, 1.54) is 0 Å². The smallest absolute Gasteiger partial charge is 0.263 e. The fourth-order valence-corrected chi connectivity index (χ4v) is 4.85. The minimum absolute atomic E-state index is 0.00596.